The Kier molecular flexibility index (Phi) is 4.17. The molecule has 2 aliphatic rings. The molecule has 2 aliphatic heterocycles. The molecule has 1 aromatic rings. The van der Waals surface area contributed by atoms with Gasteiger partial charge in [0.25, 0.3) is 0 Å². The molecule has 0 aliphatic carbocycles. The van der Waals surface area contributed by atoms with Crippen LogP contribution in [0, 0.1) is 5.82 Å². The van der Waals surface area contributed by atoms with E-state index in [1.807, 2.05) is 6.20 Å². The first kappa shape index (κ1) is 14.0. The number of benzene rings is 1. The Hall–Kier alpha value is -1.92. The fourth-order valence-electron chi connectivity index (χ4n) is 2.57. The molecule has 0 bridgehead atoms. The lowest BCUT2D eigenvalue weighted by Gasteiger charge is -2.39. The van der Waals surface area contributed by atoms with Crippen molar-refractivity contribution in [1.29, 1.82) is 0 Å². The zero-order valence-corrected chi connectivity index (χ0v) is 11.8. The predicted octanol–water partition coefficient (Wildman–Crippen LogP) is 1.13. The monoisotopic (exact) mass is 290 g/mol. The highest BCUT2D eigenvalue weighted by Gasteiger charge is 2.26. The third kappa shape index (κ3) is 3.40. The van der Waals surface area contributed by atoms with Crippen molar-refractivity contribution in [2.45, 2.75) is 12.8 Å². The van der Waals surface area contributed by atoms with E-state index in [0.717, 1.165) is 31.9 Å². The van der Waals surface area contributed by atoms with E-state index < -0.39 is 0 Å². The summed E-state index contributed by atoms with van der Waals surface area (Å²) in [6, 6.07) is 6.51. The quantitative estimate of drug-likeness (QED) is 0.906. The Bertz CT molecular complexity index is 537. The van der Waals surface area contributed by atoms with Gasteiger partial charge in [-0.1, -0.05) is 12.1 Å². The standard InChI is InChI=1S/C15H19FN4O/c16-13-3-1-12(2-4-13)10-20-11-14(17)9-18-15(20)19-5-7-21-8-6-19/h1-4,9,11,15H,5-8,10,17H2. The van der Waals surface area contributed by atoms with Crippen molar-refractivity contribution in [3.63, 3.8) is 0 Å². The van der Waals surface area contributed by atoms with E-state index in [9.17, 15) is 4.39 Å². The van der Waals surface area contributed by atoms with Crippen LogP contribution in [0.3, 0.4) is 0 Å². The van der Waals surface area contributed by atoms with Gasteiger partial charge < -0.3 is 15.4 Å². The minimum atomic E-state index is -0.227. The average Bonchev–Trinajstić information content (AvgIpc) is 2.51. The van der Waals surface area contributed by atoms with Crippen LogP contribution in [0.2, 0.25) is 0 Å². The van der Waals surface area contributed by atoms with Crippen LogP contribution in [0.1, 0.15) is 5.56 Å². The molecule has 2 N–H and O–H groups in total. The van der Waals surface area contributed by atoms with Crippen molar-refractivity contribution in [2.75, 3.05) is 26.3 Å². The molecule has 1 saturated heterocycles. The van der Waals surface area contributed by atoms with Crippen LogP contribution in [0.5, 0.6) is 0 Å². The van der Waals surface area contributed by atoms with Crippen molar-refractivity contribution in [1.82, 2.24) is 9.80 Å². The van der Waals surface area contributed by atoms with Gasteiger partial charge in [-0.2, -0.15) is 0 Å². The molecule has 21 heavy (non-hydrogen) atoms. The first-order valence-corrected chi connectivity index (χ1v) is 7.05. The van der Waals surface area contributed by atoms with Gasteiger partial charge in [0, 0.05) is 32.0 Å². The van der Waals surface area contributed by atoms with E-state index in [4.69, 9.17) is 10.5 Å². The van der Waals surface area contributed by atoms with Crippen molar-refractivity contribution in [2.24, 2.45) is 10.7 Å². The first-order chi connectivity index (χ1) is 10.2. The molecule has 112 valence electrons. The Morgan fingerprint density at radius 2 is 1.95 bits per heavy atom. The van der Waals surface area contributed by atoms with Crippen LogP contribution >= 0.6 is 0 Å². The van der Waals surface area contributed by atoms with Crippen LogP contribution in [-0.2, 0) is 11.3 Å². The van der Waals surface area contributed by atoms with Crippen molar-refractivity contribution >= 4 is 6.21 Å². The largest absolute Gasteiger partial charge is 0.396 e. The molecule has 1 aromatic carbocycles. The Morgan fingerprint density at radius 1 is 1.24 bits per heavy atom. The number of rotatable bonds is 3. The van der Waals surface area contributed by atoms with Crippen molar-refractivity contribution in [3.05, 3.63) is 47.5 Å². The van der Waals surface area contributed by atoms with Crippen LogP contribution in [0.4, 0.5) is 4.39 Å². The van der Waals surface area contributed by atoms with Gasteiger partial charge in [0.15, 0.2) is 6.29 Å². The van der Waals surface area contributed by atoms with E-state index in [0.29, 0.717) is 12.2 Å². The zero-order valence-electron chi connectivity index (χ0n) is 11.8. The van der Waals surface area contributed by atoms with Gasteiger partial charge >= 0.3 is 0 Å². The molecule has 6 heteroatoms. The Morgan fingerprint density at radius 3 is 2.67 bits per heavy atom. The summed E-state index contributed by atoms with van der Waals surface area (Å²) in [7, 11) is 0. The van der Waals surface area contributed by atoms with Gasteiger partial charge in [-0.05, 0) is 17.7 Å². The summed E-state index contributed by atoms with van der Waals surface area (Å²) in [5.74, 6) is -0.227. The molecule has 2 heterocycles. The van der Waals surface area contributed by atoms with Crippen molar-refractivity contribution in [3.8, 4) is 0 Å². The highest BCUT2D eigenvalue weighted by Crippen LogP contribution is 2.18. The maximum atomic E-state index is 13.0. The molecule has 3 rings (SSSR count). The molecular formula is C15H19FN4O. The number of hydrogen-bond acceptors (Lipinski definition) is 5. The number of hydrogen-bond donors (Lipinski definition) is 1. The number of nitrogens with two attached hydrogens (primary N) is 1. The third-order valence-corrected chi connectivity index (χ3v) is 3.62. The topological polar surface area (TPSA) is 54.1 Å². The maximum absolute atomic E-state index is 13.0. The highest BCUT2D eigenvalue weighted by molar-refractivity contribution is 5.77. The smallest absolute Gasteiger partial charge is 0.178 e. The zero-order chi connectivity index (χ0) is 14.7. The fourth-order valence-corrected chi connectivity index (χ4v) is 2.57. The van der Waals surface area contributed by atoms with E-state index in [1.165, 1.54) is 12.1 Å². The summed E-state index contributed by atoms with van der Waals surface area (Å²) < 4.78 is 18.4. The summed E-state index contributed by atoms with van der Waals surface area (Å²) in [6.07, 6.45) is 3.52. The van der Waals surface area contributed by atoms with Gasteiger partial charge in [-0.3, -0.25) is 9.89 Å². The second kappa shape index (κ2) is 6.24. The lowest BCUT2D eigenvalue weighted by molar-refractivity contribution is -0.0196. The lowest BCUT2D eigenvalue weighted by atomic mass is 10.2. The number of halogens is 1. The summed E-state index contributed by atoms with van der Waals surface area (Å²) in [5.41, 5.74) is 7.51. The summed E-state index contributed by atoms with van der Waals surface area (Å²) in [4.78, 5) is 8.87. The van der Waals surface area contributed by atoms with E-state index in [-0.39, 0.29) is 12.1 Å². The van der Waals surface area contributed by atoms with Crippen LogP contribution < -0.4 is 5.73 Å². The minimum absolute atomic E-state index is 0.0775. The summed E-state index contributed by atoms with van der Waals surface area (Å²) in [5, 5.41) is 0. The lowest BCUT2D eigenvalue weighted by Crippen LogP contribution is -2.51. The predicted molar refractivity (Wildman–Crippen MR) is 78.9 cm³/mol. The second-order valence-corrected chi connectivity index (χ2v) is 5.20. The van der Waals surface area contributed by atoms with E-state index >= 15 is 0 Å². The molecule has 0 radical (unpaired) electrons. The van der Waals surface area contributed by atoms with Gasteiger partial charge in [0.1, 0.15) is 5.82 Å². The molecule has 0 aromatic heterocycles. The average molecular weight is 290 g/mol. The maximum Gasteiger partial charge on any atom is 0.178 e. The molecule has 0 amide bonds. The minimum Gasteiger partial charge on any atom is -0.396 e. The number of aliphatic imine (C=N–C) groups is 1. The summed E-state index contributed by atoms with van der Waals surface area (Å²) >= 11 is 0. The number of ether oxygens (including phenoxy) is 1. The van der Waals surface area contributed by atoms with Gasteiger partial charge in [0.05, 0.1) is 18.9 Å². The third-order valence-electron chi connectivity index (χ3n) is 3.62. The van der Waals surface area contributed by atoms with Gasteiger partial charge in [0.2, 0.25) is 0 Å². The van der Waals surface area contributed by atoms with Crippen LogP contribution in [0.15, 0.2) is 41.2 Å². The fraction of sp³-hybridized carbons (Fsp3) is 0.400. The molecule has 0 spiro atoms. The Labute approximate surface area is 123 Å². The number of nitrogens with zero attached hydrogens (tertiary/aromatic N) is 3. The number of allylic oxidation sites excluding steroid dienone is 1. The SMILES string of the molecule is NC1=CN(Cc2ccc(F)cc2)C(N2CCOCC2)N=C1. The molecule has 5 nitrogen and oxygen atoms in total. The van der Waals surface area contributed by atoms with Gasteiger partial charge in [-0.25, -0.2) is 4.39 Å². The normalized spacial score (nSPS) is 23.2. The molecule has 1 atom stereocenters. The second-order valence-electron chi connectivity index (χ2n) is 5.20. The highest BCUT2D eigenvalue weighted by atomic mass is 19.1. The molecule has 0 saturated carbocycles. The van der Waals surface area contributed by atoms with E-state index in [1.54, 1.807) is 18.3 Å². The molecule has 1 unspecified atom stereocenters. The summed E-state index contributed by atoms with van der Waals surface area (Å²) in [6.45, 7) is 3.76. The van der Waals surface area contributed by atoms with Crippen molar-refractivity contribution < 1.29 is 9.13 Å². The van der Waals surface area contributed by atoms with Crippen LogP contribution in [0.25, 0.3) is 0 Å². The Balaban J connectivity index is 1.75. The first-order valence-electron chi connectivity index (χ1n) is 7.05. The number of morpholine rings is 1. The van der Waals surface area contributed by atoms with E-state index in [2.05, 4.69) is 14.8 Å². The van der Waals surface area contributed by atoms with Gasteiger partial charge in [-0.15, -0.1) is 0 Å². The van der Waals surface area contributed by atoms with Crippen LogP contribution in [-0.4, -0.2) is 48.6 Å². The molecule has 1 fully saturated rings. The molecular weight excluding hydrogens is 271 g/mol.